The summed E-state index contributed by atoms with van der Waals surface area (Å²) < 4.78 is 3.78. The van der Waals surface area contributed by atoms with Gasteiger partial charge < -0.3 is 5.11 Å². The molecule has 0 aliphatic heterocycles. The molecule has 1 saturated carbocycles. The van der Waals surface area contributed by atoms with E-state index in [0.29, 0.717) is 17.5 Å². The van der Waals surface area contributed by atoms with E-state index >= 15 is 0 Å². The Labute approximate surface area is 97.9 Å². The van der Waals surface area contributed by atoms with E-state index in [4.69, 9.17) is 0 Å². The first-order valence-corrected chi connectivity index (χ1v) is 6.20. The SMILES string of the molecule is OC(c1csnn1)C1CC1c1ccccc1. The third-order valence-corrected chi connectivity index (χ3v) is 3.68. The second-order valence-corrected chi connectivity index (χ2v) is 4.80. The highest BCUT2D eigenvalue weighted by atomic mass is 32.1. The summed E-state index contributed by atoms with van der Waals surface area (Å²) in [6.07, 6.45) is 0.590. The minimum atomic E-state index is -0.455. The fourth-order valence-electron chi connectivity index (χ4n) is 2.17. The molecule has 0 amide bonds. The van der Waals surface area contributed by atoms with Gasteiger partial charge in [0.15, 0.2) is 0 Å². The van der Waals surface area contributed by atoms with Crippen molar-refractivity contribution in [1.82, 2.24) is 9.59 Å². The van der Waals surface area contributed by atoms with Crippen LogP contribution in [-0.4, -0.2) is 14.7 Å². The summed E-state index contributed by atoms with van der Waals surface area (Å²) in [5, 5.41) is 15.8. The highest BCUT2D eigenvalue weighted by Crippen LogP contribution is 2.53. The highest BCUT2D eigenvalue weighted by Gasteiger charge is 2.44. The van der Waals surface area contributed by atoms with Crippen molar-refractivity contribution >= 4 is 11.5 Å². The van der Waals surface area contributed by atoms with Crippen LogP contribution in [0.2, 0.25) is 0 Å². The molecule has 3 nitrogen and oxygen atoms in total. The zero-order chi connectivity index (χ0) is 11.0. The fraction of sp³-hybridized carbons (Fsp3) is 0.333. The van der Waals surface area contributed by atoms with Crippen molar-refractivity contribution in [3.05, 3.63) is 47.0 Å². The molecule has 16 heavy (non-hydrogen) atoms. The topological polar surface area (TPSA) is 46.0 Å². The molecule has 1 fully saturated rings. The first-order chi connectivity index (χ1) is 7.86. The lowest BCUT2D eigenvalue weighted by Crippen LogP contribution is -2.01. The molecule has 2 aromatic rings. The Bertz CT molecular complexity index is 457. The average molecular weight is 232 g/mol. The molecular formula is C12H12N2OS. The Hall–Kier alpha value is -1.26. The van der Waals surface area contributed by atoms with Gasteiger partial charge in [-0.3, -0.25) is 0 Å². The van der Waals surface area contributed by atoms with Crippen molar-refractivity contribution in [3.63, 3.8) is 0 Å². The maximum Gasteiger partial charge on any atom is 0.104 e. The van der Waals surface area contributed by atoms with Crippen LogP contribution in [0.25, 0.3) is 0 Å². The number of aliphatic hydroxyl groups is 1. The standard InChI is InChI=1S/C12H12N2OS/c15-12(11-7-16-14-13-11)10-6-9(10)8-4-2-1-3-5-8/h1-5,7,9-10,12,15H,6H2. The number of benzene rings is 1. The highest BCUT2D eigenvalue weighted by molar-refractivity contribution is 7.03. The number of aliphatic hydroxyl groups excluding tert-OH is 1. The van der Waals surface area contributed by atoms with E-state index in [2.05, 4.69) is 21.7 Å². The van der Waals surface area contributed by atoms with E-state index in [9.17, 15) is 5.11 Å². The molecule has 0 bridgehead atoms. The summed E-state index contributed by atoms with van der Waals surface area (Å²) in [6, 6.07) is 10.3. The molecule has 0 radical (unpaired) electrons. The number of nitrogens with zero attached hydrogens (tertiary/aromatic N) is 2. The second kappa shape index (κ2) is 3.96. The lowest BCUT2D eigenvalue weighted by atomic mass is 10.1. The molecule has 1 N–H and O–H groups in total. The Morgan fingerprint density at radius 2 is 2.12 bits per heavy atom. The summed E-state index contributed by atoms with van der Waals surface area (Å²) in [4.78, 5) is 0. The first kappa shape index (κ1) is 9.93. The zero-order valence-corrected chi connectivity index (χ0v) is 9.47. The lowest BCUT2D eigenvalue weighted by Gasteiger charge is -2.06. The third kappa shape index (κ3) is 1.74. The van der Waals surface area contributed by atoms with Crippen LogP contribution in [0.5, 0.6) is 0 Å². The summed E-state index contributed by atoms with van der Waals surface area (Å²) in [6.45, 7) is 0. The van der Waals surface area contributed by atoms with E-state index in [1.54, 1.807) is 0 Å². The van der Waals surface area contributed by atoms with Crippen LogP contribution in [0.3, 0.4) is 0 Å². The van der Waals surface area contributed by atoms with Gasteiger partial charge >= 0.3 is 0 Å². The van der Waals surface area contributed by atoms with E-state index in [0.717, 1.165) is 6.42 Å². The molecule has 0 saturated heterocycles. The van der Waals surface area contributed by atoms with Crippen molar-refractivity contribution < 1.29 is 5.11 Å². The summed E-state index contributed by atoms with van der Waals surface area (Å²) in [5.74, 6) is 0.796. The van der Waals surface area contributed by atoms with Gasteiger partial charge in [0, 0.05) is 5.38 Å². The Morgan fingerprint density at radius 1 is 1.31 bits per heavy atom. The summed E-state index contributed by atoms with van der Waals surface area (Å²) >= 11 is 1.29. The number of aromatic nitrogens is 2. The van der Waals surface area contributed by atoms with Crippen LogP contribution in [0.15, 0.2) is 35.7 Å². The average Bonchev–Trinajstić information content (AvgIpc) is 2.95. The maximum absolute atomic E-state index is 10.1. The van der Waals surface area contributed by atoms with Gasteiger partial charge in [-0.25, -0.2) is 0 Å². The van der Waals surface area contributed by atoms with Crippen LogP contribution in [0.1, 0.15) is 29.7 Å². The molecule has 3 rings (SSSR count). The smallest absolute Gasteiger partial charge is 0.104 e. The van der Waals surface area contributed by atoms with Gasteiger partial charge in [0.2, 0.25) is 0 Å². The van der Waals surface area contributed by atoms with Gasteiger partial charge in [-0.05, 0) is 35.4 Å². The Kier molecular flexibility index (Phi) is 2.46. The predicted octanol–water partition coefficient (Wildman–Crippen LogP) is 2.38. The van der Waals surface area contributed by atoms with Crippen molar-refractivity contribution in [2.24, 2.45) is 5.92 Å². The van der Waals surface area contributed by atoms with E-state index < -0.39 is 6.10 Å². The Morgan fingerprint density at radius 3 is 2.81 bits per heavy atom. The van der Waals surface area contributed by atoms with Crippen LogP contribution in [0, 0.1) is 5.92 Å². The number of hydrogen-bond acceptors (Lipinski definition) is 4. The molecule has 3 unspecified atom stereocenters. The van der Waals surface area contributed by atoms with Gasteiger partial charge in [0.1, 0.15) is 11.8 Å². The molecule has 1 heterocycles. The quantitative estimate of drug-likeness (QED) is 0.883. The summed E-state index contributed by atoms with van der Waals surface area (Å²) in [5.41, 5.74) is 2.03. The molecule has 0 spiro atoms. The number of hydrogen-bond donors (Lipinski definition) is 1. The minimum absolute atomic E-state index is 0.311. The third-order valence-electron chi connectivity index (χ3n) is 3.15. The molecule has 4 heteroatoms. The monoisotopic (exact) mass is 232 g/mol. The minimum Gasteiger partial charge on any atom is -0.386 e. The van der Waals surface area contributed by atoms with Crippen LogP contribution >= 0.6 is 11.5 Å². The van der Waals surface area contributed by atoms with Crippen LogP contribution < -0.4 is 0 Å². The molecule has 1 aromatic heterocycles. The van der Waals surface area contributed by atoms with Crippen molar-refractivity contribution in [3.8, 4) is 0 Å². The first-order valence-electron chi connectivity index (χ1n) is 5.36. The Balaban J connectivity index is 1.73. The molecule has 1 aliphatic carbocycles. The predicted molar refractivity (Wildman–Crippen MR) is 62.2 cm³/mol. The van der Waals surface area contributed by atoms with E-state index in [1.807, 2.05) is 23.6 Å². The normalized spacial score (nSPS) is 25.3. The van der Waals surface area contributed by atoms with E-state index in [-0.39, 0.29) is 0 Å². The maximum atomic E-state index is 10.1. The van der Waals surface area contributed by atoms with Crippen LogP contribution in [-0.2, 0) is 0 Å². The van der Waals surface area contributed by atoms with Gasteiger partial charge in [0.05, 0.1) is 0 Å². The largest absolute Gasteiger partial charge is 0.386 e. The van der Waals surface area contributed by atoms with Crippen molar-refractivity contribution in [1.29, 1.82) is 0 Å². The van der Waals surface area contributed by atoms with Crippen molar-refractivity contribution in [2.45, 2.75) is 18.4 Å². The number of rotatable bonds is 3. The van der Waals surface area contributed by atoms with Crippen LogP contribution in [0.4, 0.5) is 0 Å². The van der Waals surface area contributed by atoms with Crippen molar-refractivity contribution in [2.75, 3.05) is 0 Å². The second-order valence-electron chi connectivity index (χ2n) is 4.19. The van der Waals surface area contributed by atoms with E-state index in [1.165, 1.54) is 17.1 Å². The zero-order valence-electron chi connectivity index (χ0n) is 8.65. The molecule has 82 valence electrons. The molecule has 3 atom stereocenters. The lowest BCUT2D eigenvalue weighted by molar-refractivity contribution is 0.146. The van der Waals surface area contributed by atoms with Gasteiger partial charge in [0.25, 0.3) is 0 Å². The van der Waals surface area contributed by atoms with Gasteiger partial charge in [-0.1, -0.05) is 34.8 Å². The van der Waals surface area contributed by atoms with Gasteiger partial charge in [-0.2, -0.15) is 0 Å². The molecule has 1 aromatic carbocycles. The fourth-order valence-corrected chi connectivity index (χ4v) is 2.65. The molecule has 1 aliphatic rings. The summed E-state index contributed by atoms with van der Waals surface area (Å²) in [7, 11) is 0. The van der Waals surface area contributed by atoms with Gasteiger partial charge in [-0.15, -0.1) is 5.10 Å². The molecular weight excluding hydrogens is 220 g/mol.